The third-order valence-corrected chi connectivity index (χ3v) is 3.91. The van der Waals surface area contributed by atoms with E-state index in [1.165, 1.54) is 0 Å². The number of amides is 1. The van der Waals surface area contributed by atoms with Crippen LogP contribution in [0.1, 0.15) is 24.4 Å². The molecule has 14 heavy (non-hydrogen) atoms. The SMILES string of the molecule is O=C1CCC(c2ccc(I)c(Cl)c2)N1. The van der Waals surface area contributed by atoms with Crippen LogP contribution in [0.5, 0.6) is 0 Å². The Morgan fingerprint density at radius 3 is 2.86 bits per heavy atom. The summed E-state index contributed by atoms with van der Waals surface area (Å²) in [7, 11) is 0. The van der Waals surface area contributed by atoms with E-state index in [1.54, 1.807) is 0 Å². The lowest BCUT2D eigenvalue weighted by molar-refractivity contribution is -0.119. The van der Waals surface area contributed by atoms with Gasteiger partial charge in [-0.25, -0.2) is 0 Å². The lowest BCUT2D eigenvalue weighted by Gasteiger charge is -2.10. The van der Waals surface area contributed by atoms with Crippen LogP contribution in [0.25, 0.3) is 0 Å². The molecule has 2 nitrogen and oxygen atoms in total. The molecule has 1 heterocycles. The molecule has 1 aromatic carbocycles. The van der Waals surface area contributed by atoms with Crippen molar-refractivity contribution in [2.24, 2.45) is 0 Å². The standard InChI is InChI=1S/C10H9ClINO/c11-7-5-6(1-2-8(7)12)9-3-4-10(14)13-9/h1-2,5,9H,3-4H2,(H,13,14). The third kappa shape index (κ3) is 2.03. The van der Waals surface area contributed by atoms with Crippen LogP contribution in [0, 0.1) is 3.57 Å². The predicted molar refractivity (Wildman–Crippen MR) is 64.3 cm³/mol. The van der Waals surface area contributed by atoms with Gasteiger partial charge in [0.05, 0.1) is 11.1 Å². The average molecular weight is 322 g/mol. The van der Waals surface area contributed by atoms with Gasteiger partial charge in [0.25, 0.3) is 0 Å². The van der Waals surface area contributed by atoms with Gasteiger partial charge in [-0.2, -0.15) is 0 Å². The number of hydrogen-bond donors (Lipinski definition) is 1. The molecule has 74 valence electrons. The zero-order valence-corrected chi connectivity index (χ0v) is 10.3. The number of nitrogens with one attached hydrogen (secondary N) is 1. The maximum absolute atomic E-state index is 11.0. The van der Waals surface area contributed by atoms with Crippen molar-refractivity contribution in [2.75, 3.05) is 0 Å². The van der Waals surface area contributed by atoms with Gasteiger partial charge >= 0.3 is 0 Å². The number of carbonyl (C=O) groups is 1. The molecule has 1 N–H and O–H groups in total. The number of halogens is 2. The van der Waals surface area contributed by atoms with Gasteiger partial charge in [-0.1, -0.05) is 17.7 Å². The first-order valence-corrected chi connectivity index (χ1v) is 5.87. The van der Waals surface area contributed by atoms with Crippen LogP contribution < -0.4 is 5.32 Å². The van der Waals surface area contributed by atoms with Crippen LogP contribution in [0.3, 0.4) is 0 Å². The lowest BCUT2D eigenvalue weighted by atomic mass is 10.1. The van der Waals surface area contributed by atoms with Crippen LogP contribution in [0.15, 0.2) is 18.2 Å². The quantitative estimate of drug-likeness (QED) is 0.792. The van der Waals surface area contributed by atoms with Crippen molar-refractivity contribution in [2.45, 2.75) is 18.9 Å². The van der Waals surface area contributed by atoms with Gasteiger partial charge in [0.1, 0.15) is 0 Å². The molecule has 0 aliphatic carbocycles. The maximum Gasteiger partial charge on any atom is 0.220 e. The first kappa shape index (κ1) is 10.2. The number of benzene rings is 1. The van der Waals surface area contributed by atoms with E-state index in [0.29, 0.717) is 6.42 Å². The highest BCUT2D eigenvalue weighted by molar-refractivity contribution is 14.1. The van der Waals surface area contributed by atoms with E-state index in [1.807, 2.05) is 18.2 Å². The molecule has 1 saturated heterocycles. The highest BCUT2D eigenvalue weighted by Gasteiger charge is 2.22. The highest BCUT2D eigenvalue weighted by Crippen LogP contribution is 2.28. The molecule has 0 bridgehead atoms. The summed E-state index contributed by atoms with van der Waals surface area (Å²) in [6, 6.07) is 6.07. The molecular formula is C10H9ClINO. The van der Waals surface area contributed by atoms with Gasteiger partial charge in [0.15, 0.2) is 0 Å². The van der Waals surface area contributed by atoms with E-state index < -0.39 is 0 Å². The molecule has 1 atom stereocenters. The van der Waals surface area contributed by atoms with Gasteiger partial charge in [-0.15, -0.1) is 0 Å². The molecule has 0 spiro atoms. The lowest BCUT2D eigenvalue weighted by Crippen LogP contribution is -2.18. The van der Waals surface area contributed by atoms with Crippen LogP contribution >= 0.6 is 34.2 Å². The van der Waals surface area contributed by atoms with Crippen molar-refractivity contribution >= 4 is 40.1 Å². The fraction of sp³-hybridized carbons (Fsp3) is 0.300. The van der Waals surface area contributed by atoms with Crippen LogP contribution in [0.2, 0.25) is 5.02 Å². The van der Waals surface area contributed by atoms with Gasteiger partial charge in [0.2, 0.25) is 5.91 Å². The summed E-state index contributed by atoms with van der Waals surface area (Å²) in [4.78, 5) is 11.0. The normalized spacial score (nSPS) is 21.0. The van der Waals surface area contributed by atoms with Gasteiger partial charge < -0.3 is 5.32 Å². The molecular weight excluding hydrogens is 312 g/mol. The minimum absolute atomic E-state index is 0.129. The first-order chi connectivity index (χ1) is 6.66. The van der Waals surface area contributed by atoms with Gasteiger partial charge in [-0.05, 0) is 46.7 Å². The smallest absolute Gasteiger partial charge is 0.220 e. The third-order valence-electron chi connectivity index (χ3n) is 2.34. The monoisotopic (exact) mass is 321 g/mol. The Balaban J connectivity index is 2.24. The van der Waals surface area contributed by atoms with Crippen LogP contribution in [0.4, 0.5) is 0 Å². The van der Waals surface area contributed by atoms with Crippen molar-refractivity contribution in [3.05, 3.63) is 32.4 Å². The minimum Gasteiger partial charge on any atom is -0.349 e. The minimum atomic E-state index is 0.129. The summed E-state index contributed by atoms with van der Waals surface area (Å²) in [6.07, 6.45) is 1.49. The largest absolute Gasteiger partial charge is 0.349 e. The zero-order chi connectivity index (χ0) is 10.1. The molecule has 1 aliphatic heterocycles. The summed E-state index contributed by atoms with van der Waals surface area (Å²) >= 11 is 8.20. The number of hydrogen-bond acceptors (Lipinski definition) is 1. The molecule has 1 unspecified atom stereocenters. The Kier molecular flexibility index (Phi) is 2.97. The molecule has 0 saturated carbocycles. The maximum atomic E-state index is 11.0. The Morgan fingerprint density at radius 2 is 2.29 bits per heavy atom. The zero-order valence-electron chi connectivity index (χ0n) is 7.39. The summed E-state index contributed by atoms with van der Waals surface area (Å²) in [5.41, 5.74) is 1.10. The Labute approximate surface area is 101 Å². The molecule has 1 fully saturated rings. The number of carbonyl (C=O) groups excluding carboxylic acids is 1. The van der Waals surface area contributed by atoms with Crippen molar-refractivity contribution in [3.8, 4) is 0 Å². The van der Waals surface area contributed by atoms with Crippen LogP contribution in [-0.2, 0) is 4.79 Å². The van der Waals surface area contributed by atoms with Gasteiger partial charge in [0, 0.05) is 9.99 Å². The van der Waals surface area contributed by atoms with Crippen molar-refractivity contribution in [1.29, 1.82) is 0 Å². The topological polar surface area (TPSA) is 29.1 Å². The van der Waals surface area contributed by atoms with Crippen molar-refractivity contribution < 1.29 is 4.79 Å². The molecule has 0 aromatic heterocycles. The Hall–Kier alpha value is -0.290. The average Bonchev–Trinajstić information content (AvgIpc) is 2.57. The molecule has 4 heteroatoms. The second-order valence-corrected chi connectivity index (χ2v) is 4.90. The van der Waals surface area contributed by atoms with E-state index in [4.69, 9.17) is 11.6 Å². The molecule has 0 radical (unpaired) electrons. The van der Waals surface area contributed by atoms with E-state index in [9.17, 15) is 4.79 Å². The molecule has 1 aromatic rings. The second kappa shape index (κ2) is 4.06. The summed E-state index contributed by atoms with van der Waals surface area (Å²) in [6.45, 7) is 0. The Morgan fingerprint density at radius 1 is 1.50 bits per heavy atom. The van der Waals surface area contributed by atoms with E-state index in [-0.39, 0.29) is 11.9 Å². The van der Waals surface area contributed by atoms with Gasteiger partial charge in [-0.3, -0.25) is 4.79 Å². The predicted octanol–water partition coefficient (Wildman–Crippen LogP) is 2.90. The van der Waals surface area contributed by atoms with Crippen molar-refractivity contribution in [3.63, 3.8) is 0 Å². The van der Waals surface area contributed by atoms with Crippen LogP contribution in [-0.4, -0.2) is 5.91 Å². The summed E-state index contributed by atoms with van der Waals surface area (Å²) in [5.74, 6) is 0.129. The van der Waals surface area contributed by atoms with E-state index in [0.717, 1.165) is 20.6 Å². The van der Waals surface area contributed by atoms with Crippen molar-refractivity contribution in [1.82, 2.24) is 5.32 Å². The van der Waals surface area contributed by atoms with E-state index in [2.05, 4.69) is 27.9 Å². The second-order valence-electron chi connectivity index (χ2n) is 3.33. The fourth-order valence-corrected chi connectivity index (χ4v) is 2.12. The Bertz CT molecular complexity index is 380. The fourth-order valence-electron chi connectivity index (χ4n) is 1.59. The molecule has 1 aliphatic rings. The number of rotatable bonds is 1. The highest BCUT2D eigenvalue weighted by atomic mass is 127. The summed E-state index contributed by atoms with van der Waals surface area (Å²) in [5, 5.41) is 3.67. The first-order valence-electron chi connectivity index (χ1n) is 4.41. The molecule has 2 rings (SSSR count). The molecule has 1 amide bonds. The van der Waals surface area contributed by atoms with E-state index >= 15 is 0 Å². The summed E-state index contributed by atoms with van der Waals surface area (Å²) < 4.78 is 1.04.